The molecule has 0 aliphatic heterocycles. The van der Waals surface area contributed by atoms with E-state index in [1.165, 1.54) is 19.3 Å². The third kappa shape index (κ3) is 7.56. The fourth-order valence-electron chi connectivity index (χ4n) is 3.63. The number of carbonyl (C=O) groups excluding carboxylic acids is 2. The highest BCUT2D eigenvalue weighted by Gasteiger charge is 2.20. The standard InChI is InChI=1S/C28H32NO4/c1-2-3-4-5-12-19-29-20-13-18-25(21-32-27(30)23-14-8-6-9-15-23)26(29)22-33-28(31)24-16-10-7-11-17-24/h6-11,13-18,20H,2-5,12,19,21-22H2,1H3/q+1. The number of benzene rings is 2. The van der Waals surface area contributed by atoms with Crippen molar-refractivity contribution in [2.24, 2.45) is 0 Å². The minimum absolute atomic E-state index is 0.113. The summed E-state index contributed by atoms with van der Waals surface area (Å²) in [7, 11) is 0. The number of carbonyl (C=O) groups is 2. The zero-order valence-corrected chi connectivity index (χ0v) is 19.2. The van der Waals surface area contributed by atoms with E-state index in [1.807, 2.05) is 42.6 Å². The molecule has 0 radical (unpaired) electrons. The molecule has 0 N–H and O–H groups in total. The van der Waals surface area contributed by atoms with E-state index in [4.69, 9.17) is 9.47 Å². The second-order valence-electron chi connectivity index (χ2n) is 7.97. The van der Waals surface area contributed by atoms with E-state index in [1.54, 1.807) is 36.4 Å². The van der Waals surface area contributed by atoms with Gasteiger partial charge in [0, 0.05) is 12.5 Å². The van der Waals surface area contributed by atoms with E-state index in [9.17, 15) is 9.59 Å². The largest absolute Gasteiger partial charge is 0.457 e. The summed E-state index contributed by atoms with van der Waals surface area (Å²) in [4.78, 5) is 24.9. The lowest BCUT2D eigenvalue weighted by atomic mass is 10.1. The third-order valence-corrected chi connectivity index (χ3v) is 5.50. The van der Waals surface area contributed by atoms with Gasteiger partial charge in [-0.05, 0) is 36.8 Å². The molecular formula is C28H32NO4+. The number of pyridine rings is 1. The van der Waals surface area contributed by atoms with Gasteiger partial charge < -0.3 is 9.47 Å². The van der Waals surface area contributed by atoms with Gasteiger partial charge in [-0.1, -0.05) is 62.6 Å². The first-order chi connectivity index (χ1) is 16.2. The fraction of sp³-hybridized carbons (Fsp3) is 0.321. The molecule has 0 unspecified atom stereocenters. The minimum atomic E-state index is -0.377. The molecule has 0 aliphatic rings. The van der Waals surface area contributed by atoms with E-state index >= 15 is 0 Å². The predicted octanol–water partition coefficient (Wildman–Crippen LogP) is 5.66. The molecule has 0 amide bonds. The first-order valence-corrected chi connectivity index (χ1v) is 11.6. The molecule has 3 rings (SSSR count). The summed E-state index contributed by atoms with van der Waals surface area (Å²) in [6.45, 7) is 3.25. The molecule has 5 nitrogen and oxygen atoms in total. The van der Waals surface area contributed by atoms with Crippen molar-refractivity contribution in [1.29, 1.82) is 0 Å². The first kappa shape index (κ1) is 24.2. The molecule has 3 aromatic rings. The molecule has 0 bridgehead atoms. The molecule has 33 heavy (non-hydrogen) atoms. The van der Waals surface area contributed by atoms with Crippen LogP contribution in [0.15, 0.2) is 79.0 Å². The maximum Gasteiger partial charge on any atom is 0.338 e. The number of aromatic nitrogens is 1. The van der Waals surface area contributed by atoms with Crippen molar-refractivity contribution in [3.8, 4) is 0 Å². The normalized spacial score (nSPS) is 10.6. The average molecular weight is 447 g/mol. The molecular weight excluding hydrogens is 414 g/mol. The predicted molar refractivity (Wildman–Crippen MR) is 127 cm³/mol. The van der Waals surface area contributed by atoms with E-state index in [0.717, 1.165) is 30.6 Å². The Bertz CT molecular complexity index is 1020. The highest BCUT2D eigenvalue weighted by atomic mass is 16.5. The highest BCUT2D eigenvalue weighted by molar-refractivity contribution is 5.89. The van der Waals surface area contributed by atoms with Crippen molar-refractivity contribution < 1.29 is 23.6 Å². The molecule has 1 aromatic heterocycles. The zero-order chi connectivity index (χ0) is 23.3. The lowest BCUT2D eigenvalue weighted by Crippen LogP contribution is -2.40. The average Bonchev–Trinajstić information content (AvgIpc) is 2.87. The van der Waals surface area contributed by atoms with Crippen LogP contribution in [0.4, 0.5) is 0 Å². The van der Waals surface area contributed by atoms with Gasteiger partial charge in [0.2, 0.25) is 5.69 Å². The van der Waals surface area contributed by atoms with Gasteiger partial charge in [0.15, 0.2) is 12.8 Å². The molecule has 0 saturated heterocycles. The number of hydrogen-bond donors (Lipinski definition) is 0. The SMILES string of the molecule is CCCCCCC[n+]1cccc(COC(=O)c2ccccc2)c1COC(=O)c1ccccc1. The Morgan fingerprint density at radius 1 is 0.697 bits per heavy atom. The number of hydrogen-bond acceptors (Lipinski definition) is 4. The second-order valence-corrected chi connectivity index (χ2v) is 7.97. The molecule has 2 aromatic carbocycles. The lowest BCUT2D eigenvalue weighted by Gasteiger charge is -2.11. The Morgan fingerprint density at radius 3 is 1.88 bits per heavy atom. The first-order valence-electron chi connectivity index (χ1n) is 11.6. The number of ether oxygens (including phenoxy) is 2. The fourth-order valence-corrected chi connectivity index (χ4v) is 3.63. The molecule has 0 spiro atoms. The molecule has 0 atom stereocenters. The quantitative estimate of drug-likeness (QED) is 0.205. The topological polar surface area (TPSA) is 56.5 Å². The lowest BCUT2D eigenvalue weighted by molar-refractivity contribution is -0.706. The molecule has 5 heteroatoms. The Balaban J connectivity index is 1.72. The van der Waals surface area contributed by atoms with E-state index in [2.05, 4.69) is 11.5 Å². The van der Waals surface area contributed by atoms with Crippen LogP contribution in [-0.2, 0) is 29.2 Å². The summed E-state index contributed by atoms with van der Waals surface area (Å²) in [5.41, 5.74) is 2.69. The molecule has 0 aliphatic carbocycles. The number of aryl methyl sites for hydroxylation is 1. The summed E-state index contributed by atoms with van der Waals surface area (Å²) < 4.78 is 13.3. The van der Waals surface area contributed by atoms with Gasteiger partial charge in [-0.15, -0.1) is 0 Å². The summed E-state index contributed by atoms with van der Waals surface area (Å²) in [6.07, 6.45) is 7.84. The van der Waals surface area contributed by atoms with Crippen LogP contribution in [0.25, 0.3) is 0 Å². The number of unbranched alkanes of at least 4 members (excludes halogenated alkanes) is 4. The minimum Gasteiger partial charge on any atom is -0.457 e. The smallest absolute Gasteiger partial charge is 0.338 e. The van der Waals surface area contributed by atoms with Crippen LogP contribution in [0.1, 0.15) is 71.0 Å². The molecule has 0 fully saturated rings. The summed E-state index contributed by atoms with van der Waals surface area (Å²) in [6, 6.07) is 21.7. The molecule has 1 heterocycles. The van der Waals surface area contributed by atoms with Crippen LogP contribution in [0.5, 0.6) is 0 Å². The third-order valence-electron chi connectivity index (χ3n) is 5.50. The van der Waals surface area contributed by atoms with Gasteiger partial charge in [0.05, 0.1) is 16.7 Å². The number of nitrogens with zero attached hydrogens (tertiary/aromatic N) is 1. The van der Waals surface area contributed by atoms with Gasteiger partial charge in [-0.2, -0.15) is 4.57 Å². The summed E-state index contributed by atoms with van der Waals surface area (Å²) in [5, 5.41) is 0. The van der Waals surface area contributed by atoms with Crippen LogP contribution in [-0.4, -0.2) is 11.9 Å². The van der Waals surface area contributed by atoms with Gasteiger partial charge >= 0.3 is 11.9 Å². The van der Waals surface area contributed by atoms with E-state index in [-0.39, 0.29) is 25.2 Å². The van der Waals surface area contributed by atoms with Crippen molar-refractivity contribution in [2.45, 2.75) is 58.8 Å². The second kappa shape index (κ2) is 13.2. The van der Waals surface area contributed by atoms with E-state index < -0.39 is 0 Å². The molecule has 172 valence electrons. The summed E-state index contributed by atoms with van der Waals surface area (Å²) in [5.74, 6) is -0.751. The van der Waals surface area contributed by atoms with Gasteiger partial charge in [-0.25, -0.2) is 9.59 Å². The van der Waals surface area contributed by atoms with Crippen molar-refractivity contribution in [3.05, 3.63) is 101 Å². The number of esters is 2. The maximum absolute atomic E-state index is 12.5. The van der Waals surface area contributed by atoms with Gasteiger partial charge in [0.25, 0.3) is 0 Å². The Kier molecular flexibility index (Phi) is 9.64. The van der Waals surface area contributed by atoms with Crippen LogP contribution < -0.4 is 4.57 Å². The Hall–Kier alpha value is -3.47. The monoisotopic (exact) mass is 446 g/mol. The van der Waals surface area contributed by atoms with Gasteiger partial charge in [-0.3, -0.25) is 0 Å². The van der Waals surface area contributed by atoms with E-state index in [0.29, 0.717) is 11.1 Å². The van der Waals surface area contributed by atoms with Crippen LogP contribution in [0.2, 0.25) is 0 Å². The summed E-state index contributed by atoms with van der Waals surface area (Å²) >= 11 is 0. The van der Waals surface area contributed by atoms with Crippen LogP contribution >= 0.6 is 0 Å². The van der Waals surface area contributed by atoms with Crippen molar-refractivity contribution in [1.82, 2.24) is 0 Å². The Labute approximate surface area is 196 Å². The van der Waals surface area contributed by atoms with Crippen LogP contribution in [0, 0.1) is 0 Å². The van der Waals surface area contributed by atoms with Crippen molar-refractivity contribution >= 4 is 11.9 Å². The van der Waals surface area contributed by atoms with Gasteiger partial charge in [0.1, 0.15) is 13.2 Å². The molecule has 0 saturated carbocycles. The zero-order valence-electron chi connectivity index (χ0n) is 19.2. The van der Waals surface area contributed by atoms with Crippen LogP contribution in [0.3, 0.4) is 0 Å². The Morgan fingerprint density at radius 2 is 1.27 bits per heavy atom. The highest BCUT2D eigenvalue weighted by Crippen LogP contribution is 2.12. The van der Waals surface area contributed by atoms with Crippen molar-refractivity contribution in [2.75, 3.05) is 0 Å². The number of rotatable bonds is 12. The maximum atomic E-state index is 12.5. The van der Waals surface area contributed by atoms with Crippen molar-refractivity contribution in [3.63, 3.8) is 0 Å².